The minimum atomic E-state index is -1.49. The lowest BCUT2D eigenvalue weighted by Gasteiger charge is -2.41. The summed E-state index contributed by atoms with van der Waals surface area (Å²) in [6.45, 7) is 4.46. The van der Waals surface area contributed by atoms with Crippen LogP contribution in [0.1, 0.15) is 25.8 Å². The lowest BCUT2D eigenvalue weighted by Crippen LogP contribution is -2.59. The number of rotatable bonds is 9. The smallest absolute Gasteiger partial charge is 0.253 e. The van der Waals surface area contributed by atoms with Crippen molar-refractivity contribution in [3.63, 3.8) is 0 Å². The van der Waals surface area contributed by atoms with Crippen molar-refractivity contribution in [2.75, 3.05) is 36.1 Å². The Kier molecular flexibility index (Phi) is 8.85. The Morgan fingerprint density at radius 3 is 2.24 bits per heavy atom. The normalized spacial score (nSPS) is 28.2. The number of nitrogens with zero attached hydrogens (tertiary/aromatic N) is 3. The van der Waals surface area contributed by atoms with Crippen LogP contribution >= 0.6 is 11.6 Å². The van der Waals surface area contributed by atoms with Crippen LogP contribution < -0.4 is 14.5 Å². The fourth-order valence-corrected chi connectivity index (χ4v) is 8.48. The van der Waals surface area contributed by atoms with Crippen LogP contribution in [0.15, 0.2) is 103 Å². The van der Waals surface area contributed by atoms with E-state index in [1.54, 1.807) is 34.1 Å². The minimum Gasteiger partial charge on any atom is -0.494 e. The Labute approximate surface area is 291 Å². The molecule has 2 saturated heterocycles. The number of aliphatic hydroxyl groups excluding tert-OH is 1. The molecule has 0 aromatic heterocycles. The van der Waals surface area contributed by atoms with Crippen LogP contribution in [0.4, 0.5) is 11.4 Å². The summed E-state index contributed by atoms with van der Waals surface area (Å²) in [5.74, 6) is -2.32. The molecule has 0 radical (unpaired) electrons. The SMILES string of the molecule is CCOc1ccc(N2CC=C[C@]3(CC)O[C@]45C=CCN(c6ccccc6Cl)C(=O)C4N([C@@H](CO)Cc4ccccc4)C(=O)[C@@H]5[C@@H]3C2=O)cc1. The standard InChI is InChI=1S/C39H40ClN3O6/c1-3-38-20-10-22-41(27-16-18-29(19-17-27)48-4-2)35(45)32(38)33-36(46)43(28(25-44)24-26-12-6-5-7-13-26)34-37(47)42(23-11-21-39(33,34)49-38)31-15-9-8-14-30(31)40/h5-21,28,32-34,44H,3-4,22-25H2,1-2H3/t28-,32-,33+,34?,38+,39+/m1/s1. The quantitative estimate of drug-likeness (QED) is 0.312. The number of aliphatic hydroxyl groups is 1. The lowest BCUT2D eigenvalue weighted by molar-refractivity contribution is -0.149. The molecule has 0 aliphatic carbocycles. The van der Waals surface area contributed by atoms with Gasteiger partial charge in [0.15, 0.2) is 0 Å². The average molecular weight is 682 g/mol. The zero-order chi connectivity index (χ0) is 34.3. The zero-order valence-electron chi connectivity index (χ0n) is 27.6. The highest BCUT2D eigenvalue weighted by atomic mass is 35.5. The van der Waals surface area contributed by atoms with Gasteiger partial charge >= 0.3 is 0 Å². The predicted molar refractivity (Wildman–Crippen MR) is 188 cm³/mol. The van der Waals surface area contributed by atoms with E-state index >= 15 is 9.59 Å². The molecule has 3 aromatic carbocycles. The maximum atomic E-state index is 15.1. The summed E-state index contributed by atoms with van der Waals surface area (Å²) in [6.07, 6.45) is 8.19. The van der Waals surface area contributed by atoms with Crippen molar-refractivity contribution >= 4 is 40.7 Å². The number of likely N-dealkylation sites (tertiary alicyclic amines) is 1. The van der Waals surface area contributed by atoms with Crippen molar-refractivity contribution in [2.24, 2.45) is 11.8 Å². The summed E-state index contributed by atoms with van der Waals surface area (Å²) in [4.78, 5) is 49.8. The van der Waals surface area contributed by atoms with Crippen molar-refractivity contribution in [2.45, 2.75) is 50.0 Å². The number of amides is 3. The first-order chi connectivity index (χ1) is 23.8. The van der Waals surface area contributed by atoms with Gasteiger partial charge in [0.25, 0.3) is 5.91 Å². The first-order valence-electron chi connectivity index (χ1n) is 16.9. The Bertz CT molecular complexity index is 1800. The van der Waals surface area contributed by atoms with Gasteiger partial charge in [0.05, 0.1) is 47.4 Å². The van der Waals surface area contributed by atoms with Crippen molar-refractivity contribution in [3.05, 3.63) is 114 Å². The number of hydrogen-bond acceptors (Lipinski definition) is 6. The molecule has 49 heavy (non-hydrogen) atoms. The summed E-state index contributed by atoms with van der Waals surface area (Å²) in [7, 11) is 0. The third kappa shape index (κ3) is 5.35. The summed E-state index contributed by atoms with van der Waals surface area (Å²) in [6, 6.07) is 22.0. The van der Waals surface area contributed by atoms with Crippen LogP contribution in [0.2, 0.25) is 5.02 Å². The summed E-state index contributed by atoms with van der Waals surface area (Å²) >= 11 is 6.64. The lowest BCUT2D eigenvalue weighted by atomic mass is 9.73. The summed E-state index contributed by atoms with van der Waals surface area (Å²) in [5, 5.41) is 11.3. The second kappa shape index (κ2) is 13.1. The number of anilines is 2. The molecular formula is C39H40ClN3O6. The van der Waals surface area contributed by atoms with Crippen LogP contribution in [0.5, 0.6) is 5.75 Å². The zero-order valence-corrected chi connectivity index (χ0v) is 28.3. The first-order valence-corrected chi connectivity index (χ1v) is 17.3. The van der Waals surface area contributed by atoms with Gasteiger partial charge in [-0.05, 0) is 61.7 Å². The third-order valence-corrected chi connectivity index (χ3v) is 10.7. The molecular weight excluding hydrogens is 642 g/mol. The van der Waals surface area contributed by atoms with E-state index in [-0.39, 0.29) is 24.9 Å². The fraction of sp³-hybridized carbons (Fsp3) is 0.359. The molecule has 1 spiro atoms. The van der Waals surface area contributed by atoms with Gasteiger partial charge in [-0.15, -0.1) is 0 Å². The number of hydrogen-bond donors (Lipinski definition) is 1. The van der Waals surface area contributed by atoms with Crippen LogP contribution in [-0.4, -0.2) is 77.3 Å². The highest BCUT2D eigenvalue weighted by Gasteiger charge is 2.76. The second-order valence-electron chi connectivity index (χ2n) is 13.0. The topological polar surface area (TPSA) is 99.6 Å². The molecule has 10 heteroatoms. The predicted octanol–water partition coefficient (Wildman–Crippen LogP) is 5.21. The molecule has 7 rings (SSSR count). The number of ether oxygens (including phenoxy) is 2. The van der Waals surface area contributed by atoms with Gasteiger partial charge in [-0.25, -0.2) is 0 Å². The average Bonchev–Trinajstić information content (AvgIpc) is 3.41. The van der Waals surface area contributed by atoms with Crippen LogP contribution in [-0.2, 0) is 25.5 Å². The molecule has 254 valence electrons. The number of carbonyl (C=O) groups excluding carboxylic acids is 3. The van der Waals surface area contributed by atoms with Gasteiger partial charge < -0.3 is 29.3 Å². The third-order valence-electron chi connectivity index (χ3n) is 10.4. The number of para-hydroxylation sites is 1. The second-order valence-corrected chi connectivity index (χ2v) is 13.4. The maximum absolute atomic E-state index is 15.1. The van der Waals surface area contributed by atoms with E-state index in [0.29, 0.717) is 41.6 Å². The molecule has 4 heterocycles. The van der Waals surface area contributed by atoms with Gasteiger partial charge in [-0.3, -0.25) is 14.4 Å². The minimum absolute atomic E-state index is 0.188. The van der Waals surface area contributed by atoms with E-state index in [9.17, 15) is 9.90 Å². The Morgan fingerprint density at radius 1 is 0.857 bits per heavy atom. The molecule has 4 aliphatic rings. The highest BCUT2D eigenvalue weighted by Crippen LogP contribution is 2.59. The van der Waals surface area contributed by atoms with Crippen molar-refractivity contribution in [1.29, 1.82) is 0 Å². The number of fused-ring (bicyclic) bond motifs is 2. The van der Waals surface area contributed by atoms with Gasteiger partial charge in [0.2, 0.25) is 11.8 Å². The summed E-state index contributed by atoms with van der Waals surface area (Å²) < 4.78 is 12.8. The van der Waals surface area contributed by atoms with Crippen molar-refractivity contribution < 1.29 is 29.0 Å². The molecule has 2 fully saturated rings. The molecule has 4 aliphatic heterocycles. The van der Waals surface area contributed by atoms with Crippen molar-refractivity contribution in [3.8, 4) is 5.75 Å². The van der Waals surface area contributed by atoms with E-state index in [1.165, 1.54) is 4.90 Å². The first kappa shape index (κ1) is 33.1. The van der Waals surface area contributed by atoms with Crippen LogP contribution in [0.25, 0.3) is 0 Å². The van der Waals surface area contributed by atoms with Crippen LogP contribution in [0, 0.1) is 11.8 Å². The molecule has 9 nitrogen and oxygen atoms in total. The number of carbonyl (C=O) groups is 3. The van der Waals surface area contributed by atoms with Gasteiger partial charge in [0, 0.05) is 18.8 Å². The summed E-state index contributed by atoms with van der Waals surface area (Å²) in [5.41, 5.74) is -0.569. The molecule has 6 atom stereocenters. The molecule has 0 bridgehead atoms. The highest BCUT2D eigenvalue weighted by molar-refractivity contribution is 6.34. The largest absolute Gasteiger partial charge is 0.494 e. The molecule has 1 N–H and O–H groups in total. The monoisotopic (exact) mass is 681 g/mol. The van der Waals surface area contributed by atoms with E-state index < -0.39 is 47.6 Å². The van der Waals surface area contributed by atoms with E-state index in [1.807, 2.05) is 92.7 Å². The molecule has 0 saturated carbocycles. The Morgan fingerprint density at radius 2 is 1.55 bits per heavy atom. The van der Waals surface area contributed by atoms with Crippen LogP contribution in [0.3, 0.4) is 0 Å². The number of benzene rings is 3. The molecule has 3 aromatic rings. The Hall–Kier alpha value is -4.44. The van der Waals surface area contributed by atoms with Gasteiger partial charge in [-0.2, -0.15) is 0 Å². The van der Waals surface area contributed by atoms with E-state index in [0.717, 1.165) is 5.56 Å². The van der Waals surface area contributed by atoms with Gasteiger partial charge in [0.1, 0.15) is 17.4 Å². The molecule has 1 unspecified atom stereocenters. The van der Waals surface area contributed by atoms with Gasteiger partial charge in [-0.1, -0.05) is 85.3 Å². The fourth-order valence-electron chi connectivity index (χ4n) is 8.24. The number of halogens is 1. The van der Waals surface area contributed by atoms with E-state index in [4.69, 9.17) is 21.1 Å². The Balaban J connectivity index is 1.36. The van der Waals surface area contributed by atoms with Crippen molar-refractivity contribution in [1.82, 2.24) is 4.90 Å². The van der Waals surface area contributed by atoms with E-state index in [2.05, 4.69) is 0 Å². The maximum Gasteiger partial charge on any atom is 0.253 e. The molecule has 3 amide bonds.